The monoisotopic (exact) mass is 383 g/mol. The number of piperidine rings is 3. The van der Waals surface area contributed by atoms with Gasteiger partial charge in [-0.2, -0.15) is 0 Å². The van der Waals surface area contributed by atoms with E-state index in [1.165, 1.54) is 37.1 Å². The van der Waals surface area contributed by atoms with E-state index in [1.54, 1.807) is 28.4 Å². The third kappa shape index (κ3) is 2.89. The molecule has 3 fully saturated rings. The predicted molar refractivity (Wildman–Crippen MR) is 109 cm³/mol. The maximum Gasteiger partial charge on any atom is 0.161 e. The van der Waals surface area contributed by atoms with Crippen molar-refractivity contribution in [2.45, 2.75) is 18.3 Å². The third-order valence-corrected chi connectivity index (χ3v) is 6.55. The molecule has 0 N–H and O–H groups in total. The Morgan fingerprint density at radius 3 is 1.54 bits per heavy atom. The van der Waals surface area contributed by atoms with Gasteiger partial charge in [-0.15, -0.1) is 0 Å². The molecule has 5 rings (SSSR count). The Balaban J connectivity index is 1.90. The van der Waals surface area contributed by atoms with Crippen LogP contribution < -0.4 is 18.9 Å². The van der Waals surface area contributed by atoms with Gasteiger partial charge in [0.05, 0.1) is 28.4 Å². The quantitative estimate of drug-likeness (QED) is 0.760. The van der Waals surface area contributed by atoms with Crippen LogP contribution in [-0.2, 0) is 5.41 Å². The molecule has 0 unspecified atom stereocenters. The number of benzene rings is 2. The second kappa shape index (κ2) is 7.55. The van der Waals surface area contributed by atoms with Gasteiger partial charge in [-0.1, -0.05) is 12.1 Å². The first kappa shape index (κ1) is 18.9. The second-order valence-corrected chi connectivity index (χ2v) is 7.66. The standard InChI is InChI=1S/C23H29NO4/c1-25-19-7-5-17(13-21(19)27-3)23(15-24-11-9-16(23)10-12-24)18-6-8-20(26-2)22(14-18)28-4/h5-8,13-14,16H,9-12,15H2,1-4H3. The van der Waals surface area contributed by atoms with E-state index in [4.69, 9.17) is 18.9 Å². The Bertz CT molecular complexity index is 787. The highest BCUT2D eigenvalue weighted by atomic mass is 16.5. The number of ether oxygens (including phenoxy) is 4. The molecule has 3 aliphatic rings. The fourth-order valence-electron chi connectivity index (χ4n) is 5.11. The zero-order valence-electron chi connectivity index (χ0n) is 17.2. The van der Waals surface area contributed by atoms with Crippen LogP contribution in [0, 0.1) is 5.92 Å². The molecule has 5 heteroatoms. The molecule has 3 heterocycles. The van der Waals surface area contributed by atoms with Crippen LogP contribution in [0.3, 0.4) is 0 Å². The lowest BCUT2D eigenvalue weighted by Gasteiger charge is -2.54. The number of hydrogen-bond donors (Lipinski definition) is 0. The second-order valence-electron chi connectivity index (χ2n) is 7.66. The maximum atomic E-state index is 5.63. The van der Waals surface area contributed by atoms with Crippen LogP contribution in [0.4, 0.5) is 0 Å². The third-order valence-electron chi connectivity index (χ3n) is 6.55. The van der Waals surface area contributed by atoms with Crippen molar-refractivity contribution in [1.82, 2.24) is 4.90 Å². The molecule has 2 aromatic carbocycles. The molecule has 3 aliphatic heterocycles. The maximum absolute atomic E-state index is 5.63. The van der Waals surface area contributed by atoms with Crippen LogP contribution in [0.5, 0.6) is 23.0 Å². The van der Waals surface area contributed by atoms with E-state index in [-0.39, 0.29) is 5.41 Å². The van der Waals surface area contributed by atoms with Crippen LogP contribution in [0.15, 0.2) is 36.4 Å². The minimum absolute atomic E-state index is 0.102. The van der Waals surface area contributed by atoms with Gasteiger partial charge >= 0.3 is 0 Å². The van der Waals surface area contributed by atoms with E-state index >= 15 is 0 Å². The summed E-state index contributed by atoms with van der Waals surface area (Å²) < 4.78 is 22.2. The lowest BCUT2D eigenvalue weighted by atomic mass is 9.59. The highest BCUT2D eigenvalue weighted by Gasteiger charge is 2.49. The molecule has 150 valence electrons. The summed E-state index contributed by atoms with van der Waals surface area (Å²) >= 11 is 0. The van der Waals surface area contributed by atoms with Crippen LogP contribution in [-0.4, -0.2) is 53.0 Å². The van der Waals surface area contributed by atoms with E-state index in [2.05, 4.69) is 29.2 Å². The lowest BCUT2D eigenvalue weighted by Crippen LogP contribution is -2.57. The van der Waals surface area contributed by atoms with Crippen LogP contribution in [0.2, 0.25) is 0 Å². The zero-order chi connectivity index (χ0) is 19.7. The van der Waals surface area contributed by atoms with E-state index in [9.17, 15) is 0 Å². The summed E-state index contributed by atoms with van der Waals surface area (Å²) in [7, 11) is 6.74. The first-order chi connectivity index (χ1) is 13.7. The van der Waals surface area contributed by atoms with Gasteiger partial charge in [-0.05, 0) is 67.2 Å². The van der Waals surface area contributed by atoms with Crippen molar-refractivity contribution in [3.63, 3.8) is 0 Å². The van der Waals surface area contributed by atoms with Gasteiger partial charge in [0.25, 0.3) is 0 Å². The number of rotatable bonds is 6. The molecule has 2 bridgehead atoms. The molecule has 0 radical (unpaired) electrons. The van der Waals surface area contributed by atoms with Gasteiger partial charge in [0, 0.05) is 12.0 Å². The van der Waals surface area contributed by atoms with Gasteiger partial charge in [0.2, 0.25) is 0 Å². The molecule has 3 saturated heterocycles. The first-order valence-corrected chi connectivity index (χ1v) is 9.83. The number of hydrogen-bond acceptors (Lipinski definition) is 5. The van der Waals surface area contributed by atoms with Crippen molar-refractivity contribution in [2.75, 3.05) is 48.1 Å². The molecule has 2 aromatic rings. The smallest absolute Gasteiger partial charge is 0.161 e. The summed E-state index contributed by atoms with van der Waals surface area (Å²) in [6.45, 7) is 3.35. The van der Waals surface area contributed by atoms with Gasteiger partial charge in [0.15, 0.2) is 23.0 Å². The van der Waals surface area contributed by atoms with Crippen molar-refractivity contribution >= 4 is 0 Å². The fourth-order valence-corrected chi connectivity index (χ4v) is 5.11. The average Bonchev–Trinajstić information content (AvgIpc) is 2.78. The Labute approximate surface area is 167 Å². The van der Waals surface area contributed by atoms with Crippen molar-refractivity contribution in [1.29, 1.82) is 0 Å². The van der Waals surface area contributed by atoms with Crippen LogP contribution in [0.25, 0.3) is 0 Å². The first-order valence-electron chi connectivity index (χ1n) is 9.83. The Morgan fingerprint density at radius 2 is 1.18 bits per heavy atom. The summed E-state index contributed by atoms with van der Waals surface area (Å²) in [6, 6.07) is 12.7. The van der Waals surface area contributed by atoms with Crippen LogP contribution >= 0.6 is 0 Å². The molecule has 0 spiro atoms. The highest BCUT2D eigenvalue weighted by Crippen LogP contribution is 2.51. The number of fused-ring (bicyclic) bond motifs is 3. The van der Waals surface area contributed by atoms with E-state index in [0.29, 0.717) is 5.92 Å². The summed E-state index contributed by atoms with van der Waals surface area (Å²) in [5.74, 6) is 3.64. The lowest BCUT2D eigenvalue weighted by molar-refractivity contribution is 0.0448. The van der Waals surface area contributed by atoms with Crippen LogP contribution in [0.1, 0.15) is 24.0 Å². The SMILES string of the molecule is COc1ccc(C2(c3ccc(OC)c(OC)c3)CN3CCC2CC3)cc1OC. The van der Waals surface area contributed by atoms with Gasteiger partial charge in [0.1, 0.15) is 0 Å². The van der Waals surface area contributed by atoms with E-state index in [0.717, 1.165) is 29.5 Å². The summed E-state index contributed by atoms with van der Waals surface area (Å²) in [5.41, 5.74) is 2.44. The minimum atomic E-state index is -0.102. The van der Waals surface area contributed by atoms with Crippen molar-refractivity contribution in [3.05, 3.63) is 47.5 Å². The molecule has 0 atom stereocenters. The fraction of sp³-hybridized carbons (Fsp3) is 0.478. The predicted octanol–water partition coefficient (Wildman–Crippen LogP) is 3.73. The molecule has 28 heavy (non-hydrogen) atoms. The molecule has 0 amide bonds. The van der Waals surface area contributed by atoms with E-state index < -0.39 is 0 Å². The highest BCUT2D eigenvalue weighted by molar-refractivity contribution is 5.53. The van der Waals surface area contributed by atoms with Gasteiger partial charge in [-0.25, -0.2) is 0 Å². The topological polar surface area (TPSA) is 40.2 Å². The molecular weight excluding hydrogens is 354 g/mol. The zero-order valence-corrected chi connectivity index (χ0v) is 17.2. The average molecular weight is 383 g/mol. The Kier molecular flexibility index (Phi) is 5.11. The Hall–Kier alpha value is -2.40. The summed E-state index contributed by atoms with van der Waals surface area (Å²) in [6.07, 6.45) is 2.39. The molecule has 0 aromatic heterocycles. The van der Waals surface area contributed by atoms with E-state index in [1.807, 2.05) is 12.1 Å². The summed E-state index contributed by atoms with van der Waals surface area (Å²) in [4.78, 5) is 2.58. The minimum Gasteiger partial charge on any atom is -0.493 e. The van der Waals surface area contributed by atoms with Crippen molar-refractivity contribution in [3.8, 4) is 23.0 Å². The number of nitrogens with zero attached hydrogens (tertiary/aromatic N) is 1. The molecule has 5 nitrogen and oxygen atoms in total. The van der Waals surface area contributed by atoms with Crippen molar-refractivity contribution in [2.24, 2.45) is 5.92 Å². The Morgan fingerprint density at radius 1 is 0.714 bits per heavy atom. The number of methoxy groups -OCH3 is 4. The molecule has 0 saturated carbocycles. The van der Waals surface area contributed by atoms with Crippen molar-refractivity contribution < 1.29 is 18.9 Å². The molecule has 0 aliphatic carbocycles. The van der Waals surface area contributed by atoms with Gasteiger partial charge in [-0.3, -0.25) is 0 Å². The summed E-state index contributed by atoms with van der Waals surface area (Å²) in [5, 5.41) is 0. The molecular formula is C23H29NO4. The van der Waals surface area contributed by atoms with Gasteiger partial charge < -0.3 is 23.8 Å². The largest absolute Gasteiger partial charge is 0.493 e. The normalized spacial score (nSPS) is 22.6.